The lowest BCUT2D eigenvalue weighted by atomic mass is 9.86. The topological polar surface area (TPSA) is 40.5 Å². The second-order valence-corrected chi connectivity index (χ2v) is 5.34. The van der Waals surface area contributed by atoms with Crippen molar-refractivity contribution in [2.45, 2.75) is 32.7 Å². The van der Waals surface area contributed by atoms with Crippen molar-refractivity contribution in [1.82, 2.24) is 4.90 Å². The summed E-state index contributed by atoms with van der Waals surface area (Å²) in [6, 6.07) is 8.73. The van der Waals surface area contributed by atoms with Gasteiger partial charge in [0, 0.05) is 6.04 Å². The Morgan fingerprint density at radius 3 is 2.67 bits per heavy atom. The number of likely N-dealkylation sites (tertiary alicyclic amines) is 1. The van der Waals surface area contributed by atoms with E-state index in [0.29, 0.717) is 5.92 Å². The number of carboxylic acid groups (broad SMARTS) is 1. The van der Waals surface area contributed by atoms with E-state index in [-0.39, 0.29) is 12.6 Å². The van der Waals surface area contributed by atoms with Gasteiger partial charge in [0.25, 0.3) is 0 Å². The minimum Gasteiger partial charge on any atom is -0.480 e. The Kier molecular flexibility index (Phi) is 4.02. The van der Waals surface area contributed by atoms with Crippen LogP contribution in [0.3, 0.4) is 0 Å². The van der Waals surface area contributed by atoms with Crippen LogP contribution in [-0.2, 0) is 4.79 Å². The molecule has 0 bridgehead atoms. The van der Waals surface area contributed by atoms with Crippen LogP contribution in [0.15, 0.2) is 24.3 Å². The lowest BCUT2D eigenvalue weighted by Crippen LogP contribution is -2.40. The highest BCUT2D eigenvalue weighted by molar-refractivity contribution is 5.69. The Labute approximate surface area is 108 Å². The summed E-state index contributed by atoms with van der Waals surface area (Å²) in [5, 5.41) is 9.02. The van der Waals surface area contributed by atoms with E-state index < -0.39 is 5.97 Å². The quantitative estimate of drug-likeness (QED) is 0.893. The highest BCUT2D eigenvalue weighted by Crippen LogP contribution is 2.35. The first-order valence-electron chi connectivity index (χ1n) is 6.60. The number of piperidine rings is 1. The molecule has 0 radical (unpaired) electrons. The zero-order valence-electron chi connectivity index (χ0n) is 11.1. The fourth-order valence-corrected chi connectivity index (χ4v) is 2.93. The van der Waals surface area contributed by atoms with Crippen molar-refractivity contribution in [3.63, 3.8) is 0 Å². The first-order chi connectivity index (χ1) is 8.58. The Morgan fingerprint density at radius 2 is 2.06 bits per heavy atom. The monoisotopic (exact) mass is 247 g/mol. The molecule has 0 aliphatic carbocycles. The van der Waals surface area contributed by atoms with Crippen LogP contribution in [0.4, 0.5) is 0 Å². The van der Waals surface area contributed by atoms with Gasteiger partial charge in [-0.05, 0) is 37.8 Å². The molecule has 98 valence electrons. The largest absolute Gasteiger partial charge is 0.480 e. The number of aliphatic carboxylic acids is 1. The lowest BCUT2D eigenvalue weighted by Gasteiger charge is -2.39. The van der Waals surface area contributed by atoms with E-state index in [1.54, 1.807) is 0 Å². The van der Waals surface area contributed by atoms with E-state index in [1.807, 2.05) is 0 Å². The Hall–Kier alpha value is -1.35. The summed E-state index contributed by atoms with van der Waals surface area (Å²) in [4.78, 5) is 13.1. The number of rotatable bonds is 3. The molecule has 0 spiro atoms. The number of carboxylic acids is 1. The van der Waals surface area contributed by atoms with Crippen molar-refractivity contribution in [1.29, 1.82) is 0 Å². The Bertz CT molecular complexity index is 413. The predicted molar refractivity (Wildman–Crippen MR) is 71.5 cm³/mol. The van der Waals surface area contributed by atoms with Crippen LogP contribution in [0.2, 0.25) is 0 Å². The third kappa shape index (κ3) is 2.91. The summed E-state index contributed by atoms with van der Waals surface area (Å²) < 4.78 is 0. The zero-order valence-corrected chi connectivity index (χ0v) is 11.1. The van der Waals surface area contributed by atoms with Crippen LogP contribution in [0.1, 0.15) is 36.9 Å². The molecule has 3 nitrogen and oxygen atoms in total. The minimum atomic E-state index is -0.735. The summed E-state index contributed by atoms with van der Waals surface area (Å²) in [6.07, 6.45) is 2.27. The van der Waals surface area contributed by atoms with Crippen molar-refractivity contribution >= 4 is 5.97 Å². The molecule has 1 aliphatic rings. The van der Waals surface area contributed by atoms with Crippen molar-refractivity contribution in [3.05, 3.63) is 35.4 Å². The molecular formula is C15H21NO2. The van der Waals surface area contributed by atoms with E-state index in [9.17, 15) is 4.79 Å². The average Bonchev–Trinajstić information content (AvgIpc) is 2.30. The molecule has 0 saturated carbocycles. The van der Waals surface area contributed by atoms with Gasteiger partial charge in [0.05, 0.1) is 6.54 Å². The lowest BCUT2D eigenvalue weighted by molar-refractivity contribution is -0.139. The Morgan fingerprint density at radius 1 is 1.39 bits per heavy atom. The fourth-order valence-electron chi connectivity index (χ4n) is 2.93. The van der Waals surface area contributed by atoms with E-state index in [2.05, 4.69) is 43.0 Å². The molecule has 3 heteroatoms. The second kappa shape index (κ2) is 5.53. The van der Waals surface area contributed by atoms with Gasteiger partial charge in [0.1, 0.15) is 0 Å². The molecule has 18 heavy (non-hydrogen) atoms. The van der Waals surface area contributed by atoms with Gasteiger partial charge in [-0.1, -0.05) is 36.8 Å². The standard InChI is InChI=1S/C15H21NO2/c1-11-5-7-13(8-6-11)15-12(2)4-3-9-16(15)10-14(17)18/h5-8,12,15H,3-4,9-10H2,1-2H3,(H,17,18). The molecule has 1 fully saturated rings. The molecule has 1 saturated heterocycles. The summed E-state index contributed by atoms with van der Waals surface area (Å²) in [6.45, 7) is 5.32. The van der Waals surface area contributed by atoms with Crippen LogP contribution >= 0.6 is 0 Å². The summed E-state index contributed by atoms with van der Waals surface area (Å²) in [5.74, 6) is -0.220. The number of hydrogen-bond acceptors (Lipinski definition) is 2. The van der Waals surface area contributed by atoms with Crippen molar-refractivity contribution < 1.29 is 9.90 Å². The van der Waals surface area contributed by atoms with Crippen LogP contribution in [0.5, 0.6) is 0 Å². The number of nitrogens with zero attached hydrogens (tertiary/aromatic N) is 1. The second-order valence-electron chi connectivity index (χ2n) is 5.34. The van der Waals surface area contributed by atoms with Crippen LogP contribution in [0.25, 0.3) is 0 Å². The molecule has 1 aromatic carbocycles. The SMILES string of the molecule is Cc1ccc(C2C(C)CCCN2CC(=O)O)cc1. The van der Waals surface area contributed by atoms with Gasteiger partial charge >= 0.3 is 5.97 Å². The van der Waals surface area contributed by atoms with Gasteiger partial charge < -0.3 is 5.11 Å². The van der Waals surface area contributed by atoms with E-state index in [4.69, 9.17) is 5.11 Å². The van der Waals surface area contributed by atoms with Gasteiger partial charge in [-0.25, -0.2) is 0 Å². The third-order valence-corrected chi connectivity index (χ3v) is 3.79. The molecule has 1 heterocycles. The number of aryl methyl sites for hydroxylation is 1. The highest BCUT2D eigenvalue weighted by atomic mass is 16.4. The summed E-state index contributed by atoms with van der Waals surface area (Å²) >= 11 is 0. The van der Waals surface area contributed by atoms with Crippen molar-refractivity contribution in [2.24, 2.45) is 5.92 Å². The smallest absolute Gasteiger partial charge is 0.317 e. The molecule has 2 unspecified atom stereocenters. The fraction of sp³-hybridized carbons (Fsp3) is 0.533. The minimum absolute atomic E-state index is 0.142. The number of carbonyl (C=O) groups is 1. The molecule has 1 aromatic rings. The predicted octanol–water partition coefficient (Wildman–Crippen LogP) is 2.85. The average molecular weight is 247 g/mol. The van der Waals surface area contributed by atoms with Gasteiger partial charge in [-0.15, -0.1) is 0 Å². The van der Waals surface area contributed by atoms with E-state index in [0.717, 1.165) is 13.0 Å². The van der Waals surface area contributed by atoms with Crippen LogP contribution in [0, 0.1) is 12.8 Å². The molecule has 1 aliphatic heterocycles. The van der Waals surface area contributed by atoms with E-state index in [1.165, 1.54) is 17.5 Å². The summed E-state index contributed by atoms with van der Waals surface area (Å²) in [5.41, 5.74) is 2.49. The van der Waals surface area contributed by atoms with Crippen LogP contribution < -0.4 is 0 Å². The van der Waals surface area contributed by atoms with Gasteiger partial charge in [0.15, 0.2) is 0 Å². The maximum absolute atomic E-state index is 11.0. The third-order valence-electron chi connectivity index (χ3n) is 3.79. The van der Waals surface area contributed by atoms with E-state index >= 15 is 0 Å². The maximum atomic E-state index is 11.0. The molecule has 2 rings (SSSR count). The molecular weight excluding hydrogens is 226 g/mol. The number of benzene rings is 1. The van der Waals surface area contributed by atoms with Crippen molar-refractivity contribution in [2.75, 3.05) is 13.1 Å². The van der Waals surface area contributed by atoms with Gasteiger partial charge in [-0.3, -0.25) is 9.69 Å². The molecule has 1 N–H and O–H groups in total. The first kappa shape index (κ1) is 13.1. The normalized spacial score (nSPS) is 25.0. The van der Waals surface area contributed by atoms with Gasteiger partial charge in [-0.2, -0.15) is 0 Å². The highest BCUT2D eigenvalue weighted by Gasteiger charge is 2.30. The van der Waals surface area contributed by atoms with Gasteiger partial charge in [0.2, 0.25) is 0 Å². The maximum Gasteiger partial charge on any atom is 0.317 e. The molecule has 2 atom stereocenters. The van der Waals surface area contributed by atoms with Crippen molar-refractivity contribution in [3.8, 4) is 0 Å². The zero-order chi connectivity index (χ0) is 13.1. The Balaban J connectivity index is 2.23. The van der Waals surface area contributed by atoms with Crippen LogP contribution in [-0.4, -0.2) is 29.1 Å². The first-order valence-corrected chi connectivity index (χ1v) is 6.60. The molecule has 0 aromatic heterocycles. The number of hydrogen-bond donors (Lipinski definition) is 1. The molecule has 0 amide bonds. The summed E-state index contributed by atoms with van der Waals surface area (Å²) in [7, 11) is 0.